The molecule has 0 aliphatic heterocycles. The van der Waals surface area contributed by atoms with Gasteiger partial charge in [0, 0.05) is 12.8 Å². The Morgan fingerprint density at radius 2 is 1.09 bits per heavy atom. The molecule has 0 spiro atoms. The minimum absolute atomic E-state index is 0.0560. The molecule has 0 radical (unpaired) electrons. The largest absolute Gasteiger partial charge is 0.497 e. The van der Waals surface area contributed by atoms with E-state index in [4.69, 9.17) is 9.47 Å². The lowest BCUT2D eigenvalue weighted by Gasteiger charge is -2.06. The molecule has 1 aromatic rings. The van der Waals surface area contributed by atoms with Crippen LogP contribution < -0.4 is 4.74 Å². The summed E-state index contributed by atoms with van der Waals surface area (Å²) in [5.74, 6) is 0.795. The molecule has 3 heteroatoms. The van der Waals surface area contributed by atoms with Crippen LogP contribution in [0.2, 0.25) is 0 Å². The van der Waals surface area contributed by atoms with E-state index >= 15 is 0 Å². The number of unbranched alkanes of at least 4 members (excludes halogenated alkanes) is 16. The molecule has 3 nitrogen and oxygen atoms in total. The van der Waals surface area contributed by atoms with Gasteiger partial charge in [0.05, 0.1) is 13.7 Å². The highest BCUT2D eigenvalue weighted by atomic mass is 16.5. The molecule has 0 bridgehead atoms. The summed E-state index contributed by atoms with van der Waals surface area (Å²) >= 11 is 0. The van der Waals surface area contributed by atoms with Crippen molar-refractivity contribution in [2.45, 2.75) is 129 Å². The molecular weight excluding hydrogens is 396 g/mol. The maximum absolute atomic E-state index is 11.9. The third-order valence-corrected chi connectivity index (χ3v) is 6.30. The summed E-state index contributed by atoms with van der Waals surface area (Å²) in [6.45, 7) is 2.75. The standard InChI is InChI=1S/C29H50O3/c1-3-4-5-6-7-8-9-10-11-12-13-14-15-16-17-18-19-20-29(30)32-26-25-27-21-23-28(31-2)24-22-27/h21-24H,3-20,25-26H2,1-2H3. The third kappa shape index (κ3) is 17.1. The Balaban J connectivity index is 1.78. The Bertz CT molecular complexity index is 538. The highest BCUT2D eigenvalue weighted by molar-refractivity contribution is 5.69. The molecule has 0 aliphatic carbocycles. The van der Waals surface area contributed by atoms with E-state index in [0.717, 1.165) is 30.6 Å². The van der Waals surface area contributed by atoms with Crippen molar-refractivity contribution in [1.82, 2.24) is 0 Å². The summed E-state index contributed by atoms with van der Waals surface area (Å²) in [4.78, 5) is 11.9. The molecule has 0 saturated heterocycles. The van der Waals surface area contributed by atoms with Gasteiger partial charge in [-0.3, -0.25) is 4.79 Å². The van der Waals surface area contributed by atoms with Gasteiger partial charge in [0.1, 0.15) is 5.75 Å². The number of ether oxygens (including phenoxy) is 2. The highest BCUT2D eigenvalue weighted by Crippen LogP contribution is 2.15. The van der Waals surface area contributed by atoms with Crippen LogP contribution in [0.3, 0.4) is 0 Å². The first-order chi connectivity index (χ1) is 15.8. The van der Waals surface area contributed by atoms with Crippen molar-refractivity contribution in [3.8, 4) is 5.75 Å². The van der Waals surface area contributed by atoms with Crippen molar-refractivity contribution in [1.29, 1.82) is 0 Å². The second-order valence-electron chi connectivity index (χ2n) is 9.23. The van der Waals surface area contributed by atoms with Crippen LogP contribution in [0.5, 0.6) is 5.75 Å². The second-order valence-corrected chi connectivity index (χ2v) is 9.23. The van der Waals surface area contributed by atoms with Gasteiger partial charge in [-0.05, 0) is 24.1 Å². The predicted octanol–water partition coefficient (Wildman–Crippen LogP) is 8.82. The van der Waals surface area contributed by atoms with Crippen molar-refractivity contribution in [3.63, 3.8) is 0 Å². The lowest BCUT2D eigenvalue weighted by Crippen LogP contribution is -2.07. The van der Waals surface area contributed by atoms with Gasteiger partial charge in [0.15, 0.2) is 0 Å². The second kappa shape index (κ2) is 21.3. The molecule has 0 fully saturated rings. The number of hydrogen-bond acceptors (Lipinski definition) is 3. The third-order valence-electron chi connectivity index (χ3n) is 6.30. The molecule has 0 aromatic heterocycles. The average Bonchev–Trinajstić information content (AvgIpc) is 2.81. The van der Waals surface area contributed by atoms with E-state index in [9.17, 15) is 4.79 Å². The first-order valence-corrected chi connectivity index (χ1v) is 13.5. The Hall–Kier alpha value is -1.51. The minimum atomic E-state index is -0.0560. The molecule has 0 saturated carbocycles. The van der Waals surface area contributed by atoms with Gasteiger partial charge in [0.2, 0.25) is 0 Å². The predicted molar refractivity (Wildman–Crippen MR) is 136 cm³/mol. The van der Waals surface area contributed by atoms with Crippen LogP contribution in [-0.2, 0) is 16.0 Å². The zero-order valence-electron chi connectivity index (χ0n) is 21.2. The normalized spacial score (nSPS) is 10.9. The number of benzene rings is 1. The van der Waals surface area contributed by atoms with Gasteiger partial charge in [-0.15, -0.1) is 0 Å². The SMILES string of the molecule is CCCCCCCCCCCCCCCCCCCC(=O)OCCc1ccc(OC)cc1. The quantitative estimate of drug-likeness (QED) is 0.132. The molecule has 32 heavy (non-hydrogen) atoms. The van der Waals surface area contributed by atoms with Crippen molar-refractivity contribution in [3.05, 3.63) is 29.8 Å². The Labute approximate surface area is 198 Å². The van der Waals surface area contributed by atoms with E-state index in [0.29, 0.717) is 13.0 Å². The monoisotopic (exact) mass is 446 g/mol. The van der Waals surface area contributed by atoms with Gasteiger partial charge in [-0.1, -0.05) is 122 Å². The fourth-order valence-electron chi connectivity index (χ4n) is 4.14. The minimum Gasteiger partial charge on any atom is -0.497 e. The Morgan fingerprint density at radius 1 is 0.656 bits per heavy atom. The van der Waals surface area contributed by atoms with Gasteiger partial charge in [0.25, 0.3) is 0 Å². The molecular formula is C29H50O3. The van der Waals surface area contributed by atoms with Gasteiger partial charge in [-0.2, -0.15) is 0 Å². The van der Waals surface area contributed by atoms with Crippen LogP contribution in [0, 0.1) is 0 Å². The fraction of sp³-hybridized carbons (Fsp3) is 0.759. The van der Waals surface area contributed by atoms with Crippen LogP contribution in [0.25, 0.3) is 0 Å². The summed E-state index contributed by atoms with van der Waals surface area (Å²) in [5.41, 5.74) is 1.16. The van der Waals surface area contributed by atoms with E-state index < -0.39 is 0 Å². The van der Waals surface area contributed by atoms with Crippen LogP contribution in [-0.4, -0.2) is 19.7 Å². The van der Waals surface area contributed by atoms with Crippen LogP contribution in [0.1, 0.15) is 128 Å². The van der Waals surface area contributed by atoms with Crippen molar-refractivity contribution >= 4 is 5.97 Å². The van der Waals surface area contributed by atoms with Gasteiger partial charge >= 0.3 is 5.97 Å². The summed E-state index contributed by atoms with van der Waals surface area (Å²) in [7, 11) is 1.66. The maximum Gasteiger partial charge on any atom is 0.305 e. The van der Waals surface area contributed by atoms with E-state index in [1.807, 2.05) is 24.3 Å². The summed E-state index contributed by atoms with van der Waals surface area (Å²) in [6, 6.07) is 7.91. The average molecular weight is 447 g/mol. The summed E-state index contributed by atoms with van der Waals surface area (Å²) < 4.78 is 10.5. The molecule has 0 amide bonds. The van der Waals surface area contributed by atoms with E-state index in [2.05, 4.69) is 6.92 Å². The zero-order valence-corrected chi connectivity index (χ0v) is 21.2. The molecule has 0 atom stereocenters. The first-order valence-electron chi connectivity index (χ1n) is 13.5. The van der Waals surface area contributed by atoms with Gasteiger partial charge < -0.3 is 9.47 Å². The molecule has 0 heterocycles. The Morgan fingerprint density at radius 3 is 1.53 bits per heavy atom. The fourth-order valence-corrected chi connectivity index (χ4v) is 4.14. The number of carbonyl (C=O) groups is 1. The number of carbonyl (C=O) groups excluding carboxylic acids is 1. The topological polar surface area (TPSA) is 35.5 Å². The van der Waals surface area contributed by atoms with E-state index in [-0.39, 0.29) is 5.97 Å². The van der Waals surface area contributed by atoms with Crippen LogP contribution >= 0.6 is 0 Å². The van der Waals surface area contributed by atoms with E-state index in [1.54, 1.807) is 7.11 Å². The number of methoxy groups -OCH3 is 1. The maximum atomic E-state index is 11.9. The molecule has 0 aliphatic rings. The van der Waals surface area contributed by atoms with Crippen molar-refractivity contribution in [2.24, 2.45) is 0 Å². The van der Waals surface area contributed by atoms with Crippen molar-refractivity contribution < 1.29 is 14.3 Å². The van der Waals surface area contributed by atoms with Crippen LogP contribution in [0.4, 0.5) is 0 Å². The Kier molecular flexibility index (Phi) is 19.0. The van der Waals surface area contributed by atoms with Crippen LogP contribution in [0.15, 0.2) is 24.3 Å². The molecule has 0 unspecified atom stereocenters. The van der Waals surface area contributed by atoms with Gasteiger partial charge in [-0.25, -0.2) is 0 Å². The van der Waals surface area contributed by atoms with E-state index in [1.165, 1.54) is 96.3 Å². The lowest BCUT2D eigenvalue weighted by molar-refractivity contribution is -0.143. The molecule has 0 N–H and O–H groups in total. The number of esters is 1. The zero-order chi connectivity index (χ0) is 23.1. The first kappa shape index (κ1) is 28.5. The highest BCUT2D eigenvalue weighted by Gasteiger charge is 2.03. The lowest BCUT2D eigenvalue weighted by atomic mass is 10.0. The summed E-state index contributed by atoms with van der Waals surface area (Å²) in [5, 5.41) is 0. The smallest absolute Gasteiger partial charge is 0.305 e. The summed E-state index contributed by atoms with van der Waals surface area (Å²) in [6.07, 6.45) is 24.4. The van der Waals surface area contributed by atoms with Crippen molar-refractivity contribution in [2.75, 3.05) is 13.7 Å². The number of rotatable bonds is 22. The molecule has 1 rings (SSSR count). The molecule has 1 aromatic carbocycles. The number of hydrogen-bond donors (Lipinski definition) is 0. The molecule has 184 valence electrons.